The Bertz CT molecular complexity index is 599. The van der Waals surface area contributed by atoms with Crippen LogP contribution in [0.2, 0.25) is 0 Å². The van der Waals surface area contributed by atoms with E-state index in [2.05, 4.69) is 0 Å². The predicted octanol–water partition coefficient (Wildman–Crippen LogP) is 1.83. The Kier molecular flexibility index (Phi) is 4.44. The third kappa shape index (κ3) is 3.91. The molecule has 0 aliphatic rings. The highest BCUT2D eigenvalue weighted by molar-refractivity contribution is 5.93. The lowest BCUT2D eigenvalue weighted by atomic mass is 10.2. The second-order valence-corrected chi connectivity index (χ2v) is 4.16. The number of rotatable bonds is 6. The van der Waals surface area contributed by atoms with Crippen LogP contribution in [0.4, 0.5) is 5.69 Å². The standard InChI is InChI=1S/C15H16N2O3/c16-12-4-2-6-14(10-12)20-8-7-19-13-5-1-3-11(9-13)15(17)18/h1-6,9-10H,7-8,16H2,(H2,17,18). The summed E-state index contributed by atoms with van der Waals surface area (Å²) in [7, 11) is 0. The van der Waals surface area contributed by atoms with Gasteiger partial charge in [-0.05, 0) is 30.3 Å². The van der Waals surface area contributed by atoms with Gasteiger partial charge in [0, 0.05) is 17.3 Å². The normalized spacial score (nSPS) is 10.0. The maximum atomic E-state index is 11.0. The number of amides is 1. The van der Waals surface area contributed by atoms with Crippen LogP contribution in [0, 0.1) is 0 Å². The third-order valence-corrected chi connectivity index (χ3v) is 2.60. The maximum Gasteiger partial charge on any atom is 0.248 e. The highest BCUT2D eigenvalue weighted by Gasteiger charge is 2.02. The predicted molar refractivity (Wildman–Crippen MR) is 76.8 cm³/mol. The molecule has 0 aliphatic heterocycles. The number of primary amides is 1. The average Bonchev–Trinajstić information content (AvgIpc) is 2.44. The van der Waals surface area contributed by atoms with E-state index in [-0.39, 0.29) is 0 Å². The SMILES string of the molecule is NC(=O)c1cccc(OCCOc2cccc(N)c2)c1. The molecule has 0 heterocycles. The van der Waals surface area contributed by atoms with Crippen LogP contribution in [0.3, 0.4) is 0 Å². The second kappa shape index (κ2) is 6.47. The first kappa shape index (κ1) is 13.7. The summed E-state index contributed by atoms with van der Waals surface area (Å²) in [6.45, 7) is 0.737. The molecule has 0 saturated carbocycles. The van der Waals surface area contributed by atoms with Crippen LogP contribution in [0.1, 0.15) is 10.4 Å². The molecule has 20 heavy (non-hydrogen) atoms. The van der Waals surface area contributed by atoms with Crippen molar-refractivity contribution in [2.75, 3.05) is 18.9 Å². The van der Waals surface area contributed by atoms with E-state index >= 15 is 0 Å². The van der Waals surface area contributed by atoms with Crippen LogP contribution < -0.4 is 20.9 Å². The number of ether oxygens (including phenoxy) is 2. The lowest BCUT2D eigenvalue weighted by molar-refractivity contribution is 0.1000. The molecule has 0 unspecified atom stereocenters. The topological polar surface area (TPSA) is 87.6 Å². The number of nitrogen functional groups attached to an aromatic ring is 1. The second-order valence-electron chi connectivity index (χ2n) is 4.16. The molecule has 5 nitrogen and oxygen atoms in total. The first-order chi connectivity index (χ1) is 9.65. The van der Waals surface area contributed by atoms with Gasteiger partial charge in [0.25, 0.3) is 0 Å². The van der Waals surface area contributed by atoms with Crippen molar-refractivity contribution >= 4 is 11.6 Å². The molecule has 0 fully saturated rings. The van der Waals surface area contributed by atoms with Crippen molar-refractivity contribution in [3.8, 4) is 11.5 Å². The summed E-state index contributed by atoms with van der Waals surface area (Å²) < 4.78 is 11.0. The van der Waals surface area contributed by atoms with E-state index in [1.807, 2.05) is 12.1 Å². The van der Waals surface area contributed by atoms with Gasteiger partial charge >= 0.3 is 0 Å². The molecule has 0 radical (unpaired) electrons. The molecule has 0 bridgehead atoms. The van der Waals surface area contributed by atoms with E-state index in [9.17, 15) is 4.79 Å². The van der Waals surface area contributed by atoms with Crippen molar-refractivity contribution in [1.82, 2.24) is 0 Å². The summed E-state index contributed by atoms with van der Waals surface area (Å²) >= 11 is 0. The molecule has 0 aliphatic carbocycles. The summed E-state index contributed by atoms with van der Waals surface area (Å²) in [5.41, 5.74) is 11.9. The van der Waals surface area contributed by atoms with Gasteiger partial charge in [-0.15, -0.1) is 0 Å². The smallest absolute Gasteiger partial charge is 0.248 e. The summed E-state index contributed by atoms with van der Waals surface area (Å²) in [5, 5.41) is 0. The fraction of sp³-hybridized carbons (Fsp3) is 0.133. The number of anilines is 1. The van der Waals surface area contributed by atoms with Crippen molar-refractivity contribution < 1.29 is 14.3 Å². The zero-order valence-corrected chi connectivity index (χ0v) is 10.9. The van der Waals surface area contributed by atoms with Crippen LogP contribution in [-0.2, 0) is 0 Å². The first-order valence-corrected chi connectivity index (χ1v) is 6.16. The molecule has 104 valence electrons. The molecule has 2 aromatic rings. The van der Waals surface area contributed by atoms with Gasteiger partial charge in [-0.25, -0.2) is 0 Å². The summed E-state index contributed by atoms with van der Waals surface area (Å²) in [6.07, 6.45) is 0. The highest BCUT2D eigenvalue weighted by atomic mass is 16.5. The number of benzene rings is 2. The van der Waals surface area contributed by atoms with Crippen LogP contribution in [0.15, 0.2) is 48.5 Å². The van der Waals surface area contributed by atoms with Crippen molar-refractivity contribution in [3.05, 3.63) is 54.1 Å². The van der Waals surface area contributed by atoms with Gasteiger partial charge in [0.2, 0.25) is 5.91 Å². The lowest BCUT2D eigenvalue weighted by Gasteiger charge is -2.09. The molecule has 2 aromatic carbocycles. The van der Waals surface area contributed by atoms with E-state index in [4.69, 9.17) is 20.9 Å². The summed E-state index contributed by atoms with van der Waals surface area (Å²) in [6, 6.07) is 13.9. The van der Waals surface area contributed by atoms with Crippen LogP contribution >= 0.6 is 0 Å². The van der Waals surface area contributed by atoms with Gasteiger partial charge in [-0.2, -0.15) is 0 Å². The van der Waals surface area contributed by atoms with Gasteiger partial charge in [0.05, 0.1) is 0 Å². The van der Waals surface area contributed by atoms with E-state index in [1.165, 1.54) is 0 Å². The molecule has 5 heteroatoms. The van der Waals surface area contributed by atoms with E-state index in [0.717, 1.165) is 0 Å². The first-order valence-electron chi connectivity index (χ1n) is 6.16. The fourth-order valence-electron chi connectivity index (χ4n) is 1.66. The minimum absolute atomic E-state index is 0.358. The Labute approximate surface area is 117 Å². The van der Waals surface area contributed by atoms with Crippen molar-refractivity contribution in [1.29, 1.82) is 0 Å². The van der Waals surface area contributed by atoms with Crippen LogP contribution in [0.25, 0.3) is 0 Å². The zero-order valence-electron chi connectivity index (χ0n) is 10.9. The molecular formula is C15H16N2O3. The Balaban J connectivity index is 1.81. The monoisotopic (exact) mass is 272 g/mol. The van der Waals surface area contributed by atoms with Gasteiger partial charge < -0.3 is 20.9 Å². The minimum Gasteiger partial charge on any atom is -0.490 e. The van der Waals surface area contributed by atoms with Crippen molar-refractivity contribution in [3.63, 3.8) is 0 Å². The number of carbonyl (C=O) groups excluding carboxylic acids is 1. The average molecular weight is 272 g/mol. The molecule has 2 rings (SSSR count). The zero-order chi connectivity index (χ0) is 14.4. The van der Waals surface area contributed by atoms with Gasteiger partial charge in [-0.3, -0.25) is 4.79 Å². The van der Waals surface area contributed by atoms with Crippen LogP contribution in [-0.4, -0.2) is 19.1 Å². The number of carbonyl (C=O) groups is 1. The number of nitrogens with two attached hydrogens (primary N) is 2. The van der Waals surface area contributed by atoms with Crippen molar-refractivity contribution in [2.24, 2.45) is 5.73 Å². The third-order valence-electron chi connectivity index (χ3n) is 2.60. The molecule has 0 aromatic heterocycles. The Morgan fingerprint density at radius 3 is 2.15 bits per heavy atom. The largest absolute Gasteiger partial charge is 0.490 e. The molecule has 4 N–H and O–H groups in total. The van der Waals surface area contributed by atoms with Crippen LogP contribution in [0.5, 0.6) is 11.5 Å². The number of hydrogen-bond donors (Lipinski definition) is 2. The highest BCUT2D eigenvalue weighted by Crippen LogP contribution is 2.15. The van der Waals surface area contributed by atoms with E-state index in [0.29, 0.717) is 36.0 Å². The molecule has 1 amide bonds. The van der Waals surface area contributed by atoms with Gasteiger partial charge in [0.15, 0.2) is 0 Å². The quantitative estimate of drug-likeness (QED) is 0.620. The minimum atomic E-state index is -0.480. The molecule has 0 saturated heterocycles. The van der Waals surface area contributed by atoms with Gasteiger partial charge in [-0.1, -0.05) is 12.1 Å². The Hall–Kier alpha value is -2.69. The summed E-state index contributed by atoms with van der Waals surface area (Å²) in [4.78, 5) is 11.0. The summed E-state index contributed by atoms with van der Waals surface area (Å²) in [5.74, 6) is 0.795. The van der Waals surface area contributed by atoms with E-state index in [1.54, 1.807) is 36.4 Å². The number of hydrogen-bond acceptors (Lipinski definition) is 4. The maximum absolute atomic E-state index is 11.0. The van der Waals surface area contributed by atoms with Gasteiger partial charge in [0.1, 0.15) is 24.7 Å². The Morgan fingerprint density at radius 1 is 0.950 bits per heavy atom. The fourth-order valence-corrected chi connectivity index (χ4v) is 1.66. The Morgan fingerprint density at radius 2 is 1.55 bits per heavy atom. The lowest BCUT2D eigenvalue weighted by Crippen LogP contribution is -2.12. The molecule has 0 atom stereocenters. The van der Waals surface area contributed by atoms with Crippen molar-refractivity contribution in [2.45, 2.75) is 0 Å². The van der Waals surface area contributed by atoms with E-state index < -0.39 is 5.91 Å². The molecular weight excluding hydrogens is 256 g/mol. The molecule has 0 spiro atoms.